The van der Waals surface area contributed by atoms with Crippen LogP contribution < -0.4 is 4.74 Å². The predicted octanol–water partition coefficient (Wildman–Crippen LogP) is 2.30. The second-order valence-electron chi connectivity index (χ2n) is 2.02. The van der Waals surface area contributed by atoms with E-state index in [-0.39, 0.29) is 0 Å². The van der Waals surface area contributed by atoms with Crippen LogP contribution in [0, 0.1) is 6.92 Å². The highest BCUT2D eigenvalue weighted by Gasteiger charge is 1.94. The van der Waals surface area contributed by atoms with Gasteiger partial charge in [-0.3, -0.25) is 0 Å². The SMILES string of the molecule is Cc1ccccc1OCF. The maximum absolute atomic E-state index is 11.6. The third-order valence-corrected chi connectivity index (χ3v) is 1.30. The molecule has 10 heavy (non-hydrogen) atoms. The first kappa shape index (κ1) is 7.06. The van der Waals surface area contributed by atoms with Crippen LogP contribution in [-0.4, -0.2) is 6.86 Å². The van der Waals surface area contributed by atoms with Gasteiger partial charge in [0.1, 0.15) is 5.75 Å². The lowest BCUT2D eigenvalue weighted by Crippen LogP contribution is -1.91. The first-order chi connectivity index (χ1) is 4.84. The summed E-state index contributed by atoms with van der Waals surface area (Å²) in [6.07, 6.45) is 0. The molecule has 0 spiro atoms. The Morgan fingerprint density at radius 2 is 2.10 bits per heavy atom. The van der Waals surface area contributed by atoms with E-state index in [1.54, 1.807) is 6.07 Å². The fourth-order valence-electron chi connectivity index (χ4n) is 0.777. The zero-order chi connectivity index (χ0) is 7.40. The molecular weight excluding hydrogens is 131 g/mol. The summed E-state index contributed by atoms with van der Waals surface area (Å²) in [5, 5.41) is 0. The molecule has 2 heteroatoms. The average Bonchev–Trinajstić information content (AvgIpc) is 1.94. The largest absolute Gasteiger partial charge is 0.463 e. The lowest BCUT2D eigenvalue weighted by atomic mass is 10.2. The molecule has 0 atom stereocenters. The van der Waals surface area contributed by atoms with E-state index >= 15 is 0 Å². The van der Waals surface area contributed by atoms with Gasteiger partial charge in [-0.2, -0.15) is 0 Å². The van der Waals surface area contributed by atoms with Crippen LogP contribution in [0.4, 0.5) is 4.39 Å². The monoisotopic (exact) mass is 140 g/mol. The maximum atomic E-state index is 11.6. The van der Waals surface area contributed by atoms with Gasteiger partial charge in [0.25, 0.3) is 0 Å². The summed E-state index contributed by atoms with van der Waals surface area (Å²) in [6.45, 7) is 1.12. The van der Waals surface area contributed by atoms with Crippen molar-refractivity contribution in [3.63, 3.8) is 0 Å². The summed E-state index contributed by atoms with van der Waals surface area (Å²) >= 11 is 0. The number of para-hydroxylation sites is 1. The molecule has 0 saturated carbocycles. The van der Waals surface area contributed by atoms with Gasteiger partial charge in [-0.1, -0.05) is 18.2 Å². The molecule has 0 aliphatic carbocycles. The van der Waals surface area contributed by atoms with Gasteiger partial charge < -0.3 is 4.74 Å². The Balaban J connectivity index is 2.81. The van der Waals surface area contributed by atoms with Crippen LogP contribution in [0.15, 0.2) is 24.3 Å². The van der Waals surface area contributed by atoms with Crippen molar-refractivity contribution in [1.82, 2.24) is 0 Å². The molecule has 0 saturated heterocycles. The molecule has 0 N–H and O–H groups in total. The van der Waals surface area contributed by atoms with E-state index in [9.17, 15) is 4.39 Å². The molecule has 1 nitrogen and oxygen atoms in total. The number of ether oxygens (including phenoxy) is 1. The summed E-state index contributed by atoms with van der Waals surface area (Å²) < 4.78 is 16.3. The minimum Gasteiger partial charge on any atom is -0.463 e. The normalized spacial score (nSPS) is 9.40. The molecule has 0 heterocycles. The minimum atomic E-state index is -0.759. The Morgan fingerprint density at radius 1 is 1.40 bits per heavy atom. The fraction of sp³-hybridized carbons (Fsp3) is 0.250. The first-order valence-corrected chi connectivity index (χ1v) is 3.09. The van der Waals surface area contributed by atoms with Gasteiger partial charge in [0, 0.05) is 0 Å². The molecule has 0 aromatic heterocycles. The fourth-order valence-corrected chi connectivity index (χ4v) is 0.777. The maximum Gasteiger partial charge on any atom is 0.228 e. The second kappa shape index (κ2) is 3.20. The summed E-state index contributed by atoms with van der Waals surface area (Å²) in [5.74, 6) is 0.616. The summed E-state index contributed by atoms with van der Waals surface area (Å²) in [6, 6.07) is 7.33. The Hall–Kier alpha value is -1.05. The molecule has 0 aliphatic heterocycles. The third kappa shape index (κ3) is 1.47. The van der Waals surface area contributed by atoms with E-state index in [1.165, 1.54) is 0 Å². The summed E-state index contributed by atoms with van der Waals surface area (Å²) in [4.78, 5) is 0. The van der Waals surface area contributed by atoms with Gasteiger partial charge in [-0.25, -0.2) is 4.39 Å². The van der Waals surface area contributed by atoms with Gasteiger partial charge in [0.2, 0.25) is 6.86 Å². The molecule has 1 aromatic rings. The number of alkyl halides is 1. The standard InChI is InChI=1S/C8H9FO/c1-7-4-2-3-5-8(7)10-6-9/h2-5H,6H2,1H3. The van der Waals surface area contributed by atoms with Gasteiger partial charge in [0.05, 0.1) is 0 Å². The Morgan fingerprint density at radius 3 is 2.70 bits per heavy atom. The average molecular weight is 140 g/mol. The quantitative estimate of drug-likeness (QED) is 0.612. The van der Waals surface area contributed by atoms with Crippen molar-refractivity contribution in [3.8, 4) is 5.75 Å². The number of aryl methyl sites for hydroxylation is 1. The molecule has 0 amide bonds. The second-order valence-corrected chi connectivity index (χ2v) is 2.02. The smallest absolute Gasteiger partial charge is 0.228 e. The molecule has 0 aliphatic rings. The van der Waals surface area contributed by atoms with Crippen molar-refractivity contribution < 1.29 is 9.13 Å². The lowest BCUT2D eigenvalue weighted by molar-refractivity contribution is 0.190. The number of hydrogen-bond acceptors (Lipinski definition) is 1. The molecule has 0 fully saturated rings. The number of benzene rings is 1. The molecule has 1 aromatic carbocycles. The van der Waals surface area contributed by atoms with Crippen LogP contribution in [0.5, 0.6) is 5.75 Å². The molecule has 54 valence electrons. The highest BCUT2D eigenvalue weighted by molar-refractivity contribution is 5.31. The van der Waals surface area contributed by atoms with Crippen molar-refractivity contribution in [2.24, 2.45) is 0 Å². The lowest BCUT2D eigenvalue weighted by Gasteiger charge is -2.02. The zero-order valence-corrected chi connectivity index (χ0v) is 5.80. The van der Waals surface area contributed by atoms with Crippen LogP contribution >= 0.6 is 0 Å². The van der Waals surface area contributed by atoms with E-state index in [2.05, 4.69) is 4.74 Å². The first-order valence-electron chi connectivity index (χ1n) is 3.09. The molecule has 0 bridgehead atoms. The van der Waals surface area contributed by atoms with Crippen molar-refractivity contribution in [1.29, 1.82) is 0 Å². The van der Waals surface area contributed by atoms with E-state index in [0.29, 0.717) is 5.75 Å². The number of hydrogen-bond donors (Lipinski definition) is 0. The van der Waals surface area contributed by atoms with Crippen LogP contribution in [0.1, 0.15) is 5.56 Å². The molecule has 0 radical (unpaired) electrons. The van der Waals surface area contributed by atoms with E-state index in [4.69, 9.17) is 0 Å². The van der Waals surface area contributed by atoms with E-state index < -0.39 is 6.86 Å². The van der Waals surface area contributed by atoms with Crippen molar-refractivity contribution >= 4 is 0 Å². The Kier molecular flexibility index (Phi) is 2.26. The summed E-state index contributed by atoms with van der Waals surface area (Å²) in [5.41, 5.74) is 0.958. The predicted molar refractivity (Wildman–Crippen MR) is 37.8 cm³/mol. The van der Waals surface area contributed by atoms with Crippen molar-refractivity contribution in [3.05, 3.63) is 29.8 Å². The highest BCUT2D eigenvalue weighted by atomic mass is 19.1. The van der Waals surface area contributed by atoms with Gasteiger partial charge in [-0.15, -0.1) is 0 Å². The van der Waals surface area contributed by atoms with Gasteiger partial charge in [-0.05, 0) is 18.6 Å². The van der Waals surface area contributed by atoms with Crippen LogP contribution in [0.25, 0.3) is 0 Å². The number of halogens is 1. The van der Waals surface area contributed by atoms with Crippen LogP contribution in [-0.2, 0) is 0 Å². The topological polar surface area (TPSA) is 9.23 Å². The van der Waals surface area contributed by atoms with Crippen molar-refractivity contribution in [2.75, 3.05) is 6.86 Å². The van der Waals surface area contributed by atoms with Gasteiger partial charge >= 0.3 is 0 Å². The summed E-state index contributed by atoms with van der Waals surface area (Å²) in [7, 11) is 0. The highest BCUT2D eigenvalue weighted by Crippen LogP contribution is 2.15. The number of rotatable bonds is 2. The zero-order valence-electron chi connectivity index (χ0n) is 5.80. The molecular formula is C8H9FO. The Bertz CT molecular complexity index is 210. The minimum absolute atomic E-state index is 0.616. The molecule has 1 rings (SSSR count). The van der Waals surface area contributed by atoms with E-state index in [1.807, 2.05) is 25.1 Å². The van der Waals surface area contributed by atoms with Gasteiger partial charge in [0.15, 0.2) is 0 Å². The van der Waals surface area contributed by atoms with E-state index in [0.717, 1.165) is 5.56 Å². The van der Waals surface area contributed by atoms with Crippen molar-refractivity contribution in [2.45, 2.75) is 6.92 Å². The van der Waals surface area contributed by atoms with Crippen LogP contribution in [0.2, 0.25) is 0 Å². The third-order valence-electron chi connectivity index (χ3n) is 1.30. The molecule has 0 unspecified atom stereocenters. The Labute approximate surface area is 59.4 Å². The van der Waals surface area contributed by atoms with Crippen LogP contribution in [0.3, 0.4) is 0 Å².